The molecule has 2 aromatic heterocycles. The molecule has 18 heavy (non-hydrogen) atoms. The molecule has 0 aliphatic carbocycles. The molecule has 0 aliphatic rings. The minimum absolute atomic E-state index is 0.0243. The number of aryl methyl sites for hydroxylation is 1. The molecule has 2 N–H and O–H groups in total. The van der Waals surface area contributed by atoms with Gasteiger partial charge in [0.15, 0.2) is 0 Å². The summed E-state index contributed by atoms with van der Waals surface area (Å²) < 4.78 is 0. The minimum atomic E-state index is -0.0243. The summed E-state index contributed by atoms with van der Waals surface area (Å²) in [5, 5.41) is 6.70. The summed E-state index contributed by atoms with van der Waals surface area (Å²) in [7, 11) is 1.62. The van der Waals surface area contributed by atoms with Crippen molar-refractivity contribution in [1.82, 2.24) is 20.6 Å². The number of nitrogens with one attached hydrogen (secondary N) is 2. The van der Waals surface area contributed by atoms with Crippen LogP contribution in [0.15, 0.2) is 24.5 Å². The van der Waals surface area contributed by atoms with Crippen LogP contribution >= 0.6 is 0 Å². The number of hydrogen-bond acceptors (Lipinski definition) is 4. The summed E-state index contributed by atoms with van der Waals surface area (Å²) in [5.41, 5.74) is 2.90. The highest BCUT2D eigenvalue weighted by atomic mass is 16.1. The molecule has 2 heterocycles. The molecule has 0 radical (unpaired) electrons. The molecule has 0 saturated heterocycles. The lowest BCUT2D eigenvalue weighted by atomic mass is 10.1. The van der Waals surface area contributed by atoms with E-state index in [2.05, 4.69) is 26.7 Å². The van der Waals surface area contributed by atoms with E-state index >= 15 is 0 Å². The van der Waals surface area contributed by atoms with Crippen molar-refractivity contribution in [3.05, 3.63) is 35.8 Å². The highest BCUT2D eigenvalue weighted by molar-refractivity contribution is 5.80. The molecule has 5 nitrogen and oxygen atoms in total. The number of nitrogens with zero attached hydrogens (tertiary/aromatic N) is 2. The van der Waals surface area contributed by atoms with Crippen LogP contribution in [-0.4, -0.2) is 29.5 Å². The Labute approximate surface area is 106 Å². The number of carbonyl (C=O) groups is 1. The van der Waals surface area contributed by atoms with Crippen molar-refractivity contribution < 1.29 is 4.79 Å². The van der Waals surface area contributed by atoms with Crippen molar-refractivity contribution in [1.29, 1.82) is 0 Å². The van der Waals surface area contributed by atoms with Gasteiger partial charge < -0.3 is 10.6 Å². The summed E-state index contributed by atoms with van der Waals surface area (Å²) in [5.74, 6) is -0.0243. The Hall–Kier alpha value is -2.01. The van der Waals surface area contributed by atoms with Crippen molar-refractivity contribution in [3.8, 4) is 0 Å². The predicted molar refractivity (Wildman–Crippen MR) is 70.0 cm³/mol. The highest BCUT2D eigenvalue weighted by Crippen LogP contribution is 2.14. The van der Waals surface area contributed by atoms with Crippen LogP contribution in [0.4, 0.5) is 0 Å². The Bertz CT molecular complexity index is 568. The second kappa shape index (κ2) is 5.55. The van der Waals surface area contributed by atoms with Crippen LogP contribution in [0.3, 0.4) is 0 Å². The smallest absolute Gasteiger partial charge is 0.233 e. The van der Waals surface area contributed by atoms with E-state index in [1.54, 1.807) is 13.2 Å². The third-order valence-corrected chi connectivity index (χ3v) is 2.73. The van der Waals surface area contributed by atoms with E-state index in [1.807, 2.05) is 19.2 Å². The van der Waals surface area contributed by atoms with Gasteiger partial charge in [0, 0.05) is 31.4 Å². The number of aromatic nitrogens is 2. The maximum absolute atomic E-state index is 11.1. The number of amides is 1. The maximum Gasteiger partial charge on any atom is 0.233 e. The van der Waals surface area contributed by atoms with Gasteiger partial charge in [-0.1, -0.05) is 0 Å². The fraction of sp³-hybridized carbons (Fsp3) is 0.308. The Morgan fingerprint density at radius 1 is 1.39 bits per heavy atom. The van der Waals surface area contributed by atoms with Crippen molar-refractivity contribution in [3.63, 3.8) is 0 Å². The van der Waals surface area contributed by atoms with Crippen molar-refractivity contribution >= 4 is 16.8 Å². The standard InChI is InChI=1S/C13H16N4O/c1-9-13-11(3-4-16-9)5-10(7-17-13)6-15-8-12(18)14-2/h3-5,7,15H,6,8H2,1-2H3,(H,14,18). The van der Waals surface area contributed by atoms with Gasteiger partial charge in [0.25, 0.3) is 0 Å². The van der Waals surface area contributed by atoms with E-state index in [9.17, 15) is 4.79 Å². The molecule has 2 aromatic rings. The van der Waals surface area contributed by atoms with Crippen LogP contribution in [0.1, 0.15) is 11.3 Å². The molecule has 0 atom stereocenters. The third-order valence-electron chi connectivity index (χ3n) is 2.73. The molecule has 0 unspecified atom stereocenters. The van der Waals surface area contributed by atoms with Gasteiger partial charge in [-0.25, -0.2) is 0 Å². The quantitative estimate of drug-likeness (QED) is 0.834. The predicted octanol–water partition coefficient (Wildman–Crippen LogP) is 0.774. The SMILES string of the molecule is CNC(=O)CNCc1cnc2c(C)nccc2c1. The summed E-state index contributed by atoms with van der Waals surface area (Å²) >= 11 is 0. The molecule has 5 heteroatoms. The normalized spacial score (nSPS) is 10.6. The number of fused-ring (bicyclic) bond motifs is 1. The van der Waals surface area contributed by atoms with E-state index in [-0.39, 0.29) is 5.91 Å². The molecular weight excluding hydrogens is 228 g/mol. The fourth-order valence-electron chi connectivity index (χ4n) is 1.75. The largest absolute Gasteiger partial charge is 0.358 e. The van der Waals surface area contributed by atoms with E-state index in [1.165, 1.54) is 0 Å². The number of rotatable bonds is 4. The fourth-order valence-corrected chi connectivity index (χ4v) is 1.75. The van der Waals surface area contributed by atoms with Gasteiger partial charge in [-0.2, -0.15) is 0 Å². The van der Waals surface area contributed by atoms with Gasteiger partial charge in [-0.05, 0) is 24.6 Å². The molecular formula is C13H16N4O. The molecule has 2 rings (SSSR count). The van der Waals surface area contributed by atoms with Crippen molar-refractivity contribution in [2.45, 2.75) is 13.5 Å². The van der Waals surface area contributed by atoms with Crippen LogP contribution in [0, 0.1) is 6.92 Å². The number of likely N-dealkylation sites (N-methyl/N-ethyl adjacent to an activating group) is 1. The van der Waals surface area contributed by atoms with Crippen molar-refractivity contribution in [2.75, 3.05) is 13.6 Å². The van der Waals surface area contributed by atoms with E-state index in [4.69, 9.17) is 0 Å². The van der Waals surface area contributed by atoms with Crippen LogP contribution in [0.2, 0.25) is 0 Å². The number of hydrogen-bond donors (Lipinski definition) is 2. The van der Waals surface area contributed by atoms with Crippen LogP contribution in [-0.2, 0) is 11.3 Å². The average Bonchev–Trinajstić information content (AvgIpc) is 2.38. The molecule has 0 aliphatic heterocycles. The van der Waals surface area contributed by atoms with E-state index < -0.39 is 0 Å². The molecule has 0 aromatic carbocycles. The Balaban J connectivity index is 2.08. The summed E-state index contributed by atoms with van der Waals surface area (Å²) in [6.07, 6.45) is 3.59. The summed E-state index contributed by atoms with van der Waals surface area (Å²) in [6, 6.07) is 4.01. The van der Waals surface area contributed by atoms with Crippen molar-refractivity contribution in [2.24, 2.45) is 0 Å². The van der Waals surface area contributed by atoms with Crippen LogP contribution in [0.25, 0.3) is 10.9 Å². The van der Waals surface area contributed by atoms with Gasteiger partial charge in [-0.3, -0.25) is 14.8 Å². The number of pyridine rings is 2. The second-order valence-corrected chi connectivity index (χ2v) is 4.09. The molecule has 94 valence electrons. The van der Waals surface area contributed by atoms with Gasteiger partial charge in [0.1, 0.15) is 0 Å². The number of carbonyl (C=O) groups excluding carboxylic acids is 1. The first-order valence-corrected chi connectivity index (χ1v) is 5.82. The zero-order valence-electron chi connectivity index (χ0n) is 10.5. The maximum atomic E-state index is 11.1. The van der Waals surface area contributed by atoms with Gasteiger partial charge >= 0.3 is 0 Å². The van der Waals surface area contributed by atoms with Gasteiger partial charge in [0.2, 0.25) is 5.91 Å². The Kier molecular flexibility index (Phi) is 3.84. The Morgan fingerprint density at radius 2 is 2.22 bits per heavy atom. The molecule has 1 amide bonds. The summed E-state index contributed by atoms with van der Waals surface area (Å²) in [4.78, 5) is 19.7. The van der Waals surface area contributed by atoms with E-state index in [0.29, 0.717) is 13.1 Å². The topological polar surface area (TPSA) is 66.9 Å². The first-order valence-electron chi connectivity index (χ1n) is 5.82. The zero-order valence-corrected chi connectivity index (χ0v) is 10.5. The monoisotopic (exact) mass is 244 g/mol. The minimum Gasteiger partial charge on any atom is -0.358 e. The molecule has 0 spiro atoms. The molecule has 0 fully saturated rings. The molecule has 0 saturated carbocycles. The Morgan fingerprint density at radius 3 is 3.00 bits per heavy atom. The highest BCUT2D eigenvalue weighted by Gasteiger charge is 2.02. The lowest BCUT2D eigenvalue weighted by Crippen LogP contribution is -2.30. The van der Waals surface area contributed by atoms with Crippen LogP contribution < -0.4 is 10.6 Å². The van der Waals surface area contributed by atoms with Gasteiger partial charge in [-0.15, -0.1) is 0 Å². The average molecular weight is 244 g/mol. The summed E-state index contributed by atoms with van der Waals surface area (Å²) in [6.45, 7) is 2.88. The first-order chi connectivity index (χ1) is 8.70. The molecule has 0 bridgehead atoms. The van der Waals surface area contributed by atoms with E-state index in [0.717, 1.165) is 22.2 Å². The second-order valence-electron chi connectivity index (χ2n) is 4.09. The lowest BCUT2D eigenvalue weighted by Gasteiger charge is -2.06. The van der Waals surface area contributed by atoms with Crippen LogP contribution in [0.5, 0.6) is 0 Å². The third kappa shape index (κ3) is 2.81. The lowest BCUT2D eigenvalue weighted by molar-refractivity contribution is -0.119. The first kappa shape index (κ1) is 12.4. The van der Waals surface area contributed by atoms with Gasteiger partial charge in [0.05, 0.1) is 17.8 Å². The zero-order chi connectivity index (χ0) is 13.0.